The zero-order valence-corrected chi connectivity index (χ0v) is 17.5. The summed E-state index contributed by atoms with van der Waals surface area (Å²) < 4.78 is 11.0. The molecule has 1 aliphatic heterocycles. The van der Waals surface area contributed by atoms with Gasteiger partial charge in [0.2, 0.25) is 11.8 Å². The maximum atomic E-state index is 12.6. The molecule has 1 fully saturated rings. The van der Waals surface area contributed by atoms with Crippen molar-refractivity contribution in [2.75, 3.05) is 19.7 Å². The van der Waals surface area contributed by atoms with Crippen LogP contribution in [0, 0.1) is 19.8 Å². The Morgan fingerprint density at radius 3 is 2.46 bits per heavy atom. The minimum atomic E-state index is -0.0193. The number of aryl methyl sites for hydroxylation is 2. The van der Waals surface area contributed by atoms with Crippen molar-refractivity contribution in [1.82, 2.24) is 20.3 Å². The van der Waals surface area contributed by atoms with Crippen molar-refractivity contribution in [3.8, 4) is 5.88 Å². The van der Waals surface area contributed by atoms with Gasteiger partial charge in [0.25, 0.3) is 0 Å². The van der Waals surface area contributed by atoms with Crippen molar-refractivity contribution in [2.24, 2.45) is 5.92 Å². The van der Waals surface area contributed by atoms with E-state index in [-0.39, 0.29) is 11.3 Å². The third-order valence-corrected chi connectivity index (χ3v) is 5.35. The zero-order chi connectivity index (χ0) is 20.3. The van der Waals surface area contributed by atoms with Crippen LogP contribution in [-0.4, -0.2) is 45.9 Å². The van der Waals surface area contributed by atoms with E-state index in [4.69, 9.17) is 9.26 Å². The molecule has 0 aliphatic carbocycles. The second kappa shape index (κ2) is 8.29. The molecule has 0 bridgehead atoms. The van der Waals surface area contributed by atoms with Gasteiger partial charge in [-0.1, -0.05) is 25.9 Å². The van der Waals surface area contributed by atoms with E-state index < -0.39 is 0 Å². The molecule has 0 unspecified atom stereocenters. The van der Waals surface area contributed by atoms with Crippen molar-refractivity contribution < 1.29 is 14.1 Å². The second-order valence-corrected chi connectivity index (χ2v) is 8.62. The summed E-state index contributed by atoms with van der Waals surface area (Å²) in [5, 5.41) is 12.4. The third kappa shape index (κ3) is 4.88. The number of carbonyl (C=O) groups is 1. The quantitative estimate of drug-likeness (QED) is 0.785. The van der Waals surface area contributed by atoms with Crippen LogP contribution < -0.4 is 4.74 Å². The van der Waals surface area contributed by atoms with Crippen LogP contribution in [0.25, 0.3) is 0 Å². The fourth-order valence-electron chi connectivity index (χ4n) is 3.37. The molecule has 0 saturated carbocycles. The molecule has 28 heavy (non-hydrogen) atoms. The van der Waals surface area contributed by atoms with Crippen LogP contribution in [0.2, 0.25) is 0 Å². The van der Waals surface area contributed by atoms with E-state index in [0.29, 0.717) is 24.8 Å². The van der Waals surface area contributed by atoms with E-state index in [1.54, 1.807) is 0 Å². The molecule has 7 heteroatoms. The second-order valence-electron chi connectivity index (χ2n) is 8.62. The van der Waals surface area contributed by atoms with Crippen LogP contribution in [0.5, 0.6) is 5.88 Å². The van der Waals surface area contributed by atoms with E-state index in [0.717, 1.165) is 48.6 Å². The summed E-state index contributed by atoms with van der Waals surface area (Å²) in [5.74, 6) is 1.85. The molecule has 0 spiro atoms. The van der Waals surface area contributed by atoms with Crippen LogP contribution in [-0.2, 0) is 16.6 Å². The first-order valence-electron chi connectivity index (χ1n) is 9.90. The lowest BCUT2D eigenvalue weighted by atomic mass is 9.92. The molecule has 0 N–H and O–H groups in total. The van der Waals surface area contributed by atoms with Crippen LogP contribution in [0.1, 0.15) is 56.3 Å². The van der Waals surface area contributed by atoms with E-state index in [9.17, 15) is 4.79 Å². The van der Waals surface area contributed by atoms with Crippen molar-refractivity contribution in [3.63, 3.8) is 0 Å². The van der Waals surface area contributed by atoms with Gasteiger partial charge in [0.1, 0.15) is 5.76 Å². The van der Waals surface area contributed by atoms with E-state index in [2.05, 4.69) is 36.1 Å². The van der Waals surface area contributed by atoms with Crippen LogP contribution in [0.3, 0.4) is 0 Å². The highest BCUT2D eigenvalue weighted by molar-refractivity contribution is 5.79. The number of piperidine rings is 1. The minimum absolute atomic E-state index is 0.0193. The lowest BCUT2D eigenvalue weighted by molar-refractivity contribution is -0.132. The van der Waals surface area contributed by atoms with E-state index in [1.807, 2.05) is 30.9 Å². The zero-order valence-electron chi connectivity index (χ0n) is 17.5. The average molecular weight is 386 g/mol. The Hall–Kier alpha value is -2.44. The summed E-state index contributed by atoms with van der Waals surface area (Å²) in [7, 11) is 0. The summed E-state index contributed by atoms with van der Waals surface area (Å²) in [4.78, 5) is 14.5. The topological polar surface area (TPSA) is 81.4 Å². The molecule has 152 valence electrons. The Bertz CT molecular complexity index is 781. The molecule has 1 saturated heterocycles. The summed E-state index contributed by atoms with van der Waals surface area (Å²) in [6.45, 7) is 12.2. The first-order chi connectivity index (χ1) is 13.2. The van der Waals surface area contributed by atoms with Crippen LogP contribution in [0.15, 0.2) is 16.7 Å². The number of nitrogens with zero attached hydrogens (tertiary/aromatic N) is 4. The van der Waals surface area contributed by atoms with Crippen LogP contribution >= 0.6 is 0 Å². The Morgan fingerprint density at radius 1 is 1.21 bits per heavy atom. The number of amides is 1. The van der Waals surface area contributed by atoms with Crippen molar-refractivity contribution in [1.29, 1.82) is 0 Å². The first kappa shape index (κ1) is 20.3. The number of hydrogen-bond acceptors (Lipinski definition) is 6. The van der Waals surface area contributed by atoms with Crippen LogP contribution in [0.4, 0.5) is 0 Å². The molecule has 1 amide bonds. The molecule has 1 aliphatic rings. The molecule has 3 rings (SSSR count). The van der Waals surface area contributed by atoms with Gasteiger partial charge < -0.3 is 14.2 Å². The Kier molecular flexibility index (Phi) is 6.01. The van der Waals surface area contributed by atoms with Crippen molar-refractivity contribution in [2.45, 2.75) is 59.3 Å². The average Bonchev–Trinajstić information content (AvgIpc) is 2.98. The highest BCUT2D eigenvalue weighted by Gasteiger charge is 2.25. The molecule has 2 aromatic heterocycles. The third-order valence-electron chi connectivity index (χ3n) is 5.35. The summed E-state index contributed by atoms with van der Waals surface area (Å²) in [5.41, 5.74) is 2.64. The summed E-state index contributed by atoms with van der Waals surface area (Å²) in [6.07, 6.45) is 2.22. The highest BCUT2D eigenvalue weighted by atomic mass is 16.5. The van der Waals surface area contributed by atoms with Gasteiger partial charge in [-0.3, -0.25) is 4.79 Å². The van der Waals surface area contributed by atoms with Gasteiger partial charge >= 0.3 is 0 Å². The standard InChI is InChI=1S/C21H30N4O3/c1-14-17(15(2)28-24-14)12-20(26)25-10-8-16(9-11-25)13-27-19-7-6-18(22-23-19)21(3,4)5/h6-7,16H,8-13H2,1-5H3. The first-order valence-corrected chi connectivity index (χ1v) is 9.90. The van der Waals surface area contributed by atoms with Gasteiger partial charge in [-0.2, -0.15) is 5.10 Å². The maximum absolute atomic E-state index is 12.6. The molecular formula is C21H30N4O3. The minimum Gasteiger partial charge on any atom is -0.476 e. The molecule has 0 aromatic carbocycles. The van der Waals surface area contributed by atoms with E-state index in [1.165, 1.54) is 0 Å². The van der Waals surface area contributed by atoms with Gasteiger partial charge in [-0.15, -0.1) is 5.10 Å². The number of ether oxygens (including phenoxy) is 1. The molecule has 3 heterocycles. The molecule has 0 radical (unpaired) electrons. The van der Waals surface area contributed by atoms with Gasteiger partial charge in [0, 0.05) is 30.1 Å². The number of likely N-dealkylation sites (tertiary alicyclic amines) is 1. The SMILES string of the molecule is Cc1noc(C)c1CC(=O)N1CCC(COc2ccc(C(C)(C)C)nn2)CC1. The van der Waals surface area contributed by atoms with Gasteiger partial charge in [-0.25, -0.2) is 0 Å². The van der Waals surface area contributed by atoms with Gasteiger partial charge in [0.15, 0.2) is 0 Å². The Morgan fingerprint density at radius 2 is 1.93 bits per heavy atom. The summed E-state index contributed by atoms with van der Waals surface area (Å²) >= 11 is 0. The lowest BCUT2D eigenvalue weighted by Gasteiger charge is -2.31. The number of carbonyl (C=O) groups excluding carboxylic acids is 1. The highest BCUT2D eigenvalue weighted by Crippen LogP contribution is 2.22. The predicted octanol–water partition coefficient (Wildman–Crippen LogP) is 3.24. The molecule has 2 aromatic rings. The monoisotopic (exact) mass is 386 g/mol. The number of hydrogen-bond donors (Lipinski definition) is 0. The Labute approximate surface area is 166 Å². The van der Waals surface area contributed by atoms with Gasteiger partial charge in [0.05, 0.1) is 24.4 Å². The molecular weight excluding hydrogens is 356 g/mol. The lowest BCUT2D eigenvalue weighted by Crippen LogP contribution is -2.40. The fourth-order valence-corrected chi connectivity index (χ4v) is 3.37. The maximum Gasteiger partial charge on any atom is 0.233 e. The van der Waals surface area contributed by atoms with Gasteiger partial charge in [-0.05, 0) is 38.7 Å². The fraction of sp³-hybridized carbons (Fsp3) is 0.619. The van der Waals surface area contributed by atoms with Crippen molar-refractivity contribution >= 4 is 5.91 Å². The summed E-state index contributed by atoms with van der Waals surface area (Å²) in [6, 6.07) is 3.86. The number of aromatic nitrogens is 3. The predicted molar refractivity (Wildman–Crippen MR) is 105 cm³/mol. The molecule has 7 nitrogen and oxygen atoms in total. The smallest absolute Gasteiger partial charge is 0.233 e. The molecule has 0 atom stereocenters. The van der Waals surface area contributed by atoms with E-state index >= 15 is 0 Å². The number of rotatable bonds is 5. The Balaban J connectivity index is 1.44. The van der Waals surface area contributed by atoms with Crippen molar-refractivity contribution in [3.05, 3.63) is 34.8 Å². The normalized spacial score (nSPS) is 15.7. The largest absolute Gasteiger partial charge is 0.476 e.